The summed E-state index contributed by atoms with van der Waals surface area (Å²) in [6.45, 7) is 5.24. The minimum atomic E-state index is 0.209. The van der Waals surface area contributed by atoms with E-state index in [2.05, 4.69) is 29.2 Å². The van der Waals surface area contributed by atoms with Crippen molar-refractivity contribution in [2.75, 3.05) is 6.54 Å². The SMILES string of the molecule is CCCNC(C)c1cccnc1Oc1cnn(C)c1. The van der Waals surface area contributed by atoms with Gasteiger partial charge in [0.1, 0.15) is 0 Å². The number of rotatable bonds is 6. The van der Waals surface area contributed by atoms with Gasteiger partial charge in [0.05, 0.1) is 12.4 Å². The van der Waals surface area contributed by atoms with Crippen molar-refractivity contribution in [1.82, 2.24) is 20.1 Å². The first-order valence-electron chi connectivity index (χ1n) is 6.55. The predicted octanol–water partition coefficient (Wildman–Crippen LogP) is 2.67. The van der Waals surface area contributed by atoms with Crippen molar-refractivity contribution < 1.29 is 4.74 Å². The average molecular weight is 260 g/mol. The van der Waals surface area contributed by atoms with Crippen molar-refractivity contribution in [3.8, 4) is 11.6 Å². The van der Waals surface area contributed by atoms with Gasteiger partial charge in [0.2, 0.25) is 5.88 Å². The summed E-state index contributed by atoms with van der Waals surface area (Å²) in [4.78, 5) is 4.31. The molecule has 1 N–H and O–H groups in total. The van der Waals surface area contributed by atoms with Crippen molar-refractivity contribution in [2.24, 2.45) is 7.05 Å². The zero-order valence-electron chi connectivity index (χ0n) is 11.6. The van der Waals surface area contributed by atoms with Gasteiger partial charge in [0.15, 0.2) is 5.75 Å². The van der Waals surface area contributed by atoms with Crippen molar-refractivity contribution in [2.45, 2.75) is 26.3 Å². The quantitative estimate of drug-likeness (QED) is 0.867. The summed E-state index contributed by atoms with van der Waals surface area (Å²) in [6.07, 6.45) is 6.34. The second kappa shape index (κ2) is 6.33. The number of ether oxygens (including phenoxy) is 1. The molecule has 0 saturated heterocycles. The number of nitrogens with one attached hydrogen (secondary N) is 1. The molecule has 0 aliphatic carbocycles. The molecule has 0 saturated carbocycles. The second-order valence-corrected chi connectivity index (χ2v) is 4.53. The highest BCUT2D eigenvalue weighted by molar-refractivity contribution is 5.32. The maximum Gasteiger partial charge on any atom is 0.224 e. The lowest BCUT2D eigenvalue weighted by Crippen LogP contribution is -2.20. The Morgan fingerprint density at radius 3 is 3.00 bits per heavy atom. The summed E-state index contributed by atoms with van der Waals surface area (Å²) >= 11 is 0. The summed E-state index contributed by atoms with van der Waals surface area (Å²) < 4.78 is 7.50. The smallest absolute Gasteiger partial charge is 0.224 e. The Morgan fingerprint density at radius 2 is 2.32 bits per heavy atom. The minimum absolute atomic E-state index is 0.209. The van der Waals surface area contributed by atoms with E-state index in [9.17, 15) is 0 Å². The summed E-state index contributed by atoms with van der Waals surface area (Å²) in [5.41, 5.74) is 1.06. The van der Waals surface area contributed by atoms with Crippen LogP contribution < -0.4 is 10.1 Å². The molecule has 0 aromatic carbocycles. The van der Waals surface area contributed by atoms with Gasteiger partial charge in [-0.1, -0.05) is 13.0 Å². The van der Waals surface area contributed by atoms with E-state index < -0.39 is 0 Å². The van der Waals surface area contributed by atoms with E-state index in [0.29, 0.717) is 11.6 Å². The first-order chi connectivity index (χ1) is 9.20. The Balaban J connectivity index is 2.16. The largest absolute Gasteiger partial charge is 0.435 e. The molecule has 2 aromatic rings. The Hall–Kier alpha value is -1.88. The van der Waals surface area contributed by atoms with Crippen LogP contribution in [0.4, 0.5) is 0 Å². The van der Waals surface area contributed by atoms with Crippen LogP contribution in [-0.2, 0) is 7.05 Å². The van der Waals surface area contributed by atoms with Gasteiger partial charge in [0.25, 0.3) is 0 Å². The molecule has 19 heavy (non-hydrogen) atoms. The fraction of sp³-hybridized carbons (Fsp3) is 0.429. The van der Waals surface area contributed by atoms with Gasteiger partial charge < -0.3 is 10.1 Å². The lowest BCUT2D eigenvalue weighted by atomic mass is 10.1. The number of pyridine rings is 1. The van der Waals surface area contributed by atoms with Gasteiger partial charge in [-0.2, -0.15) is 5.10 Å². The number of nitrogens with zero attached hydrogens (tertiary/aromatic N) is 3. The number of aromatic nitrogens is 3. The molecule has 0 aliphatic heterocycles. The molecular weight excluding hydrogens is 240 g/mol. The van der Waals surface area contributed by atoms with Crippen LogP contribution in [0.3, 0.4) is 0 Å². The van der Waals surface area contributed by atoms with Gasteiger partial charge in [-0.25, -0.2) is 4.98 Å². The predicted molar refractivity (Wildman–Crippen MR) is 74.2 cm³/mol. The molecule has 5 heteroatoms. The van der Waals surface area contributed by atoms with E-state index >= 15 is 0 Å². The maximum atomic E-state index is 5.80. The molecule has 0 radical (unpaired) electrons. The van der Waals surface area contributed by atoms with Gasteiger partial charge in [-0.3, -0.25) is 4.68 Å². The van der Waals surface area contributed by atoms with Crippen LogP contribution in [0.5, 0.6) is 11.6 Å². The van der Waals surface area contributed by atoms with Crippen LogP contribution in [0.15, 0.2) is 30.7 Å². The summed E-state index contributed by atoms with van der Waals surface area (Å²) in [7, 11) is 1.86. The van der Waals surface area contributed by atoms with Gasteiger partial charge >= 0.3 is 0 Å². The Kier molecular flexibility index (Phi) is 4.52. The molecule has 2 aromatic heterocycles. The zero-order valence-corrected chi connectivity index (χ0v) is 11.6. The molecule has 1 atom stereocenters. The Morgan fingerprint density at radius 1 is 1.47 bits per heavy atom. The molecule has 0 aliphatic rings. The lowest BCUT2D eigenvalue weighted by molar-refractivity contribution is 0.442. The summed E-state index contributed by atoms with van der Waals surface area (Å²) in [6, 6.07) is 4.17. The third-order valence-electron chi connectivity index (χ3n) is 2.86. The van der Waals surface area contributed by atoms with E-state index in [0.717, 1.165) is 18.5 Å². The molecule has 0 spiro atoms. The van der Waals surface area contributed by atoms with Gasteiger partial charge in [0, 0.05) is 24.8 Å². The molecular formula is C14H20N4O. The standard InChI is InChI=1S/C14H20N4O/c1-4-7-15-11(2)13-6-5-8-16-14(13)19-12-9-17-18(3)10-12/h5-6,8-11,15H,4,7H2,1-3H3. The molecule has 5 nitrogen and oxygen atoms in total. The topological polar surface area (TPSA) is 52.0 Å². The highest BCUT2D eigenvalue weighted by atomic mass is 16.5. The molecule has 0 fully saturated rings. The van der Waals surface area contributed by atoms with E-state index in [4.69, 9.17) is 4.74 Å². The van der Waals surface area contributed by atoms with E-state index in [1.54, 1.807) is 17.1 Å². The molecule has 2 heterocycles. The summed E-state index contributed by atoms with van der Waals surface area (Å²) in [5.74, 6) is 1.33. The minimum Gasteiger partial charge on any atom is -0.435 e. The van der Waals surface area contributed by atoms with Crippen LogP contribution in [0, 0.1) is 0 Å². The lowest BCUT2D eigenvalue weighted by Gasteiger charge is -2.16. The molecule has 102 valence electrons. The monoisotopic (exact) mass is 260 g/mol. The highest BCUT2D eigenvalue weighted by Crippen LogP contribution is 2.26. The molecule has 0 bridgehead atoms. The van der Waals surface area contributed by atoms with Crippen molar-refractivity contribution >= 4 is 0 Å². The van der Waals surface area contributed by atoms with Crippen molar-refractivity contribution in [3.63, 3.8) is 0 Å². The van der Waals surface area contributed by atoms with Gasteiger partial charge in [-0.05, 0) is 26.0 Å². The van der Waals surface area contributed by atoms with Gasteiger partial charge in [-0.15, -0.1) is 0 Å². The number of aryl methyl sites for hydroxylation is 1. The van der Waals surface area contributed by atoms with E-state index in [-0.39, 0.29) is 6.04 Å². The molecule has 1 unspecified atom stereocenters. The zero-order chi connectivity index (χ0) is 13.7. The van der Waals surface area contributed by atoms with Crippen LogP contribution >= 0.6 is 0 Å². The Labute approximate surface area is 113 Å². The van der Waals surface area contributed by atoms with Crippen molar-refractivity contribution in [3.05, 3.63) is 36.3 Å². The molecule has 2 rings (SSSR count). The first kappa shape index (κ1) is 13.5. The third-order valence-corrected chi connectivity index (χ3v) is 2.86. The molecule has 0 amide bonds. The normalized spacial score (nSPS) is 12.4. The number of hydrogen-bond donors (Lipinski definition) is 1. The van der Waals surface area contributed by atoms with Crippen molar-refractivity contribution in [1.29, 1.82) is 0 Å². The van der Waals surface area contributed by atoms with Crippen LogP contribution in [0.1, 0.15) is 31.9 Å². The van der Waals surface area contributed by atoms with E-state index in [1.807, 2.05) is 25.4 Å². The highest BCUT2D eigenvalue weighted by Gasteiger charge is 2.13. The van der Waals surface area contributed by atoms with Crippen LogP contribution in [0.2, 0.25) is 0 Å². The fourth-order valence-electron chi connectivity index (χ4n) is 1.85. The van der Waals surface area contributed by atoms with Crippen LogP contribution in [0.25, 0.3) is 0 Å². The Bertz CT molecular complexity index is 524. The van der Waals surface area contributed by atoms with Crippen LogP contribution in [-0.4, -0.2) is 21.3 Å². The third kappa shape index (κ3) is 3.54. The second-order valence-electron chi connectivity index (χ2n) is 4.53. The average Bonchev–Trinajstić information content (AvgIpc) is 2.82. The first-order valence-corrected chi connectivity index (χ1v) is 6.55. The number of hydrogen-bond acceptors (Lipinski definition) is 4. The summed E-state index contributed by atoms with van der Waals surface area (Å²) in [5, 5.41) is 7.52. The fourth-order valence-corrected chi connectivity index (χ4v) is 1.85. The maximum absolute atomic E-state index is 5.80. The van der Waals surface area contributed by atoms with E-state index in [1.165, 1.54) is 0 Å².